The number of pyridine rings is 1. The zero-order chi connectivity index (χ0) is 13.7. The smallest absolute Gasteiger partial charge is 0.242 e. The summed E-state index contributed by atoms with van der Waals surface area (Å²) in [7, 11) is -1.69. The average Bonchev–Trinajstić information content (AvgIpc) is 2.46. The largest absolute Gasteiger partial charge is 0.373 e. The molecule has 1 aromatic heterocycles. The summed E-state index contributed by atoms with van der Waals surface area (Å²) in [6, 6.07) is 3.22. The topological polar surface area (TPSA) is 71.1 Å². The van der Waals surface area contributed by atoms with Crippen molar-refractivity contribution in [3.8, 4) is 0 Å². The summed E-state index contributed by atoms with van der Waals surface area (Å²) in [5, 5.41) is 3.26. The lowest BCUT2D eigenvalue weighted by molar-refractivity contribution is 0.573. The first-order chi connectivity index (χ1) is 9.12. The van der Waals surface area contributed by atoms with Crippen molar-refractivity contribution in [3.05, 3.63) is 18.3 Å². The molecule has 1 aliphatic heterocycles. The first kappa shape index (κ1) is 14.6. The molecular weight excluding hydrogens is 282 g/mol. The Morgan fingerprint density at radius 1 is 1.42 bits per heavy atom. The number of nitrogens with zero attached hydrogens (tertiary/aromatic N) is 1. The molecule has 0 saturated carbocycles. The maximum atomic E-state index is 12.1. The summed E-state index contributed by atoms with van der Waals surface area (Å²) in [5.41, 5.74) is 0. The van der Waals surface area contributed by atoms with Gasteiger partial charge in [-0.05, 0) is 30.7 Å². The van der Waals surface area contributed by atoms with Crippen LogP contribution in [0.2, 0.25) is 0 Å². The third-order valence-corrected chi connectivity index (χ3v) is 5.88. The van der Waals surface area contributed by atoms with Gasteiger partial charge in [0.05, 0.1) is 0 Å². The van der Waals surface area contributed by atoms with E-state index in [-0.39, 0.29) is 4.90 Å². The Balaban J connectivity index is 1.96. The van der Waals surface area contributed by atoms with Crippen LogP contribution in [0.25, 0.3) is 0 Å². The predicted octanol–water partition coefficient (Wildman–Crippen LogP) is 1.69. The van der Waals surface area contributed by atoms with Gasteiger partial charge in [0.2, 0.25) is 10.0 Å². The molecule has 0 aromatic carbocycles. The highest BCUT2D eigenvalue weighted by atomic mass is 32.2. The van der Waals surface area contributed by atoms with E-state index in [1.54, 1.807) is 19.2 Å². The molecule has 106 valence electrons. The lowest BCUT2D eigenvalue weighted by Crippen LogP contribution is -2.32. The fourth-order valence-corrected chi connectivity index (χ4v) is 4.31. The van der Waals surface area contributed by atoms with Gasteiger partial charge in [0.1, 0.15) is 10.7 Å². The second-order valence-electron chi connectivity index (χ2n) is 4.47. The van der Waals surface area contributed by atoms with Crippen molar-refractivity contribution in [1.29, 1.82) is 0 Å². The summed E-state index contributed by atoms with van der Waals surface area (Å²) < 4.78 is 26.9. The molecule has 2 N–H and O–H groups in total. The zero-order valence-electron chi connectivity index (χ0n) is 10.9. The van der Waals surface area contributed by atoms with Crippen LogP contribution < -0.4 is 10.0 Å². The molecule has 5 nitrogen and oxygen atoms in total. The summed E-state index contributed by atoms with van der Waals surface area (Å²) >= 11 is 1.85. The van der Waals surface area contributed by atoms with Crippen molar-refractivity contribution < 1.29 is 8.42 Å². The molecule has 7 heteroatoms. The highest BCUT2D eigenvalue weighted by molar-refractivity contribution is 8.00. The molecule has 1 atom stereocenters. The lowest BCUT2D eigenvalue weighted by atomic mass is 10.2. The van der Waals surface area contributed by atoms with Gasteiger partial charge in [0, 0.05) is 25.0 Å². The van der Waals surface area contributed by atoms with Crippen molar-refractivity contribution >= 4 is 27.6 Å². The monoisotopic (exact) mass is 301 g/mol. The first-order valence-electron chi connectivity index (χ1n) is 6.37. The molecule has 1 aromatic rings. The predicted molar refractivity (Wildman–Crippen MR) is 79.1 cm³/mol. The van der Waals surface area contributed by atoms with Crippen molar-refractivity contribution in [2.24, 2.45) is 0 Å². The van der Waals surface area contributed by atoms with Crippen LogP contribution in [-0.4, -0.2) is 38.0 Å². The van der Waals surface area contributed by atoms with Crippen LogP contribution >= 0.6 is 11.8 Å². The number of hydrogen-bond donors (Lipinski definition) is 2. The third-order valence-electron chi connectivity index (χ3n) is 3.08. The number of rotatable bonds is 5. The molecule has 0 radical (unpaired) electrons. The molecule has 0 amide bonds. The van der Waals surface area contributed by atoms with Crippen LogP contribution in [0.15, 0.2) is 23.2 Å². The molecule has 0 bridgehead atoms. The molecule has 19 heavy (non-hydrogen) atoms. The highest BCUT2D eigenvalue weighted by Gasteiger charge is 2.19. The van der Waals surface area contributed by atoms with Crippen LogP contribution in [-0.2, 0) is 10.0 Å². The van der Waals surface area contributed by atoms with Crippen molar-refractivity contribution in [3.63, 3.8) is 0 Å². The van der Waals surface area contributed by atoms with Gasteiger partial charge in [-0.25, -0.2) is 18.1 Å². The van der Waals surface area contributed by atoms with Gasteiger partial charge < -0.3 is 5.32 Å². The molecule has 2 heterocycles. The molecular formula is C12H19N3O2S2. The van der Waals surface area contributed by atoms with Gasteiger partial charge in [-0.15, -0.1) is 0 Å². The normalized spacial score (nSPS) is 20.2. The van der Waals surface area contributed by atoms with Gasteiger partial charge in [0.25, 0.3) is 0 Å². The summed E-state index contributed by atoms with van der Waals surface area (Å²) in [6.07, 6.45) is 4.90. The van der Waals surface area contributed by atoms with Crippen LogP contribution in [0.1, 0.15) is 19.3 Å². The van der Waals surface area contributed by atoms with E-state index in [2.05, 4.69) is 15.0 Å². The van der Waals surface area contributed by atoms with Gasteiger partial charge in [0.15, 0.2) is 0 Å². The van der Waals surface area contributed by atoms with E-state index in [1.165, 1.54) is 19.0 Å². The van der Waals surface area contributed by atoms with Gasteiger partial charge >= 0.3 is 0 Å². The number of aromatic nitrogens is 1. The standard InChI is InChI=1S/C12H19N3O2S2/c1-13-12-6-5-11(9-14-12)19(16,17)15-8-10-4-2-3-7-18-10/h5-6,9-10,15H,2-4,7-8H2,1H3,(H,13,14). The zero-order valence-corrected chi connectivity index (χ0v) is 12.6. The van der Waals surface area contributed by atoms with E-state index < -0.39 is 10.0 Å². The van der Waals surface area contributed by atoms with E-state index in [9.17, 15) is 8.42 Å². The van der Waals surface area contributed by atoms with E-state index in [0.29, 0.717) is 17.6 Å². The summed E-state index contributed by atoms with van der Waals surface area (Å²) in [4.78, 5) is 4.24. The maximum absolute atomic E-state index is 12.1. The minimum Gasteiger partial charge on any atom is -0.373 e. The van der Waals surface area contributed by atoms with Crippen molar-refractivity contribution in [2.45, 2.75) is 29.4 Å². The van der Waals surface area contributed by atoms with Crippen LogP contribution in [0.3, 0.4) is 0 Å². The Hall–Kier alpha value is -0.790. The van der Waals surface area contributed by atoms with E-state index in [1.807, 2.05) is 11.8 Å². The molecule has 1 aliphatic rings. The quantitative estimate of drug-likeness (QED) is 0.866. The Bertz CT molecular complexity index is 496. The molecule has 0 spiro atoms. The Kier molecular flexibility index (Phi) is 5.06. The number of sulfonamides is 1. The molecule has 0 aliphatic carbocycles. The number of thioether (sulfide) groups is 1. The molecule has 2 rings (SSSR count). The van der Waals surface area contributed by atoms with Gasteiger partial charge in [-0.2, -0.15) is 11.8 Å². The highest BCUT2D eigenvalue weighted by Crippen LogP contribution is 2.24. The minimum atomic E-state index is -3.44. The molecule has 1 fully saturated rings. The Morgan fingerprint density at radius 2 is 2.26 bits per heavy atom. The number of nitrogens with one attached hydrogen (secondary N) is 2. The maximum Gasteiger partial charge on any atom is 0.242 e. The third kappa shape index (κ3) is 4.09. The average molecular weight is 301 g/mol. The van der Waals surface area contributed by atoms with Crippen LogP contribution in [0.4, 0.5) is 5.82 Å². The molecule has 1 unspecified atom stereocenters. The van der Waals surface area contributed by atoms with E-state index in [0.717, 1.165) is 12.2 Å². The minimum absolute atomic E-state index is 0.215. The fourth-order valence-electron chi connectivity index (χ4n) is 1.94. The number of hydrogen-bond acceptors (Lipinski definition) is 5. The van der Waals surface area contributed by atoms with Crippen molar-refractivity contribution in [2.75, 3.05) is 24.7 Å². The fraction of sp³-hybridized carbons (Fsp3) is 0.583. The van der Waals surface area contributed by atoms with E-state index in [4.69, 9.17) is 0 Å². The summed E-state index contributed by atoms with van der Waals surface area (Å²) in [5.74, 6) is 1.78. The van der Waals surface area contributed by atoms with Gasteiger partial charge in [-0.3, -0.25) is 0 Å². The second-order valence-corrected chi connectivity index (χ2v) is 7.64. The lowest BCUT2D eigenvalue weighted by Gasteiger charge is -2.21. The SMILES string of the molecule is CNc1ccc(S(=O)(=O)NCC2CCCCS2)cn1. The van der Waals surface area contributed by atoms with Crippen LogP contribution in [0, 0.1) is 0 Å². The number of anilines is 1. The van der Waals surface area contributed by atoms with Crippen LogP contribution in [0.5, 0.6) is 0 Å². The summed E-state index contributed by atoms with van der Waals surface area (Å²) in [6.45, 7) is 0.501. The van der Waals surface area contributed by atoms with E-state index >= 15 is 0 Å². The Morgan fingerprint density at radius 3 is 2.84 bits per heavy atom. The Labute approximate surface area is 118 Å². The van der Waals surface area contributed by atoms with Crippen molar-refractivity contribution in [1.82, 2.24) is 9.71 Å². The van der Waals surface area contributed by atoms with Gasteiger partial charge in [-0.1, -0.05) is 6.42 Å². The second kappa shape index (κ2) is 6.58. The molecule has 1 saturated heterocycles. The first-order valence-corrected chi connectivity index (χ1v) is 8.90.